The Labute approximate surface area is 104 Å². The number of hydrogen-bond donors (Lipinski definition) is 2. The fourth-order valence-electron chi connectivity index (χ4n) is 1.47. The largest absolute Gasteiger partial charge is 0.391 e. The normalized spacial score (nSPS) is 12.6. The fourth-order valence-corrected chi connectivity index (χ4v) is 1.47. The molecule has 0 amide bonds. The molecule has 2 N–H and O–H groups in total. The molecule has 3 heteroatoms. The van der Waals surface area contributed by atoms with E-state index in [1.807, 2.05) is 25.1 Å². The maximum Gasteiger partial charge on any atom is 0.0771 e. The van der Waals surface area contributed by atoms with Crippen LogP contribution in [0.25, 0.3) is 0 Å². The lowest BCUT2D eigenvalue weighted by molar-refractivity contribution is 0.0342. The van der Waals surface area contributed by atoms with E-state index >= 15 is 0 Å². The van der Waals surface area contributed by atoms with Crippen molar-refractivity contribution in [1.29, 1.82) is 0 Å². The summed E-state index contributed by atoms with van der Waals surface area (Å²) in [6.07, 6.45) is 1.42. The molecule has 0 spiro atoms. The van der Waals surface area contributed by atoms with Gasteiger partial charge in [-0.1, -0.05) is 37.3 Å². The Bertz CT molecular complexity index is 277. The lowest BCUT2D eigenvalue weighted by atomic mass is 10.2. The molecule has 0 fully saturated rings. The second-order valence-corrected chi connectivity index (χ2v) is 4.15. The van der Waals surface area contributed by atoms with Gasteiger partial charge in [0, 0.05) is 13.2 Å². The molecule has 0 aliphatic heterocycles. The molecule has 17 heavy (non-hydrogen) atoms. The Morgan fingerprint density at radius 1 is 1.29 bits per heavy atom. The van der Waals surface area contributed by atoms with E-state index in [0.717, 1.165) is 25.9 Å². The minimum absolute atomic E-state index is 0.313. The van der Waals surface area contributed by atoms with Gasteiger partial charge in [0.25, 0.3) is 0 Å². The van der Waals surface area contributed by atoms with E-state index < -0.39 is 0 Å². The van der Waals surface area contributed by atoms with Gasteiger partial charge in [-0.3, -0.25) is 0 Å². The van der Waals surface area contributed by atoms with Gasteiger partial charge in [-0.25, -0.2) is 0 Å². The first-order valence-electron chi connectivity index (χ1n) is 6.33. The van der Waals surface area contributed by atoms with Gasteiger partial charge < -0.3 is 15.2 Å². The molecule has 0 radical (unpaired) electrons. The second-order valence-electron chi connectivity index (χ2n) is 4.15. The van der Waals surface area contributed by atoms with Gasteiger partial charge in [0.1, 0.15) is 0 Å². The van der Waals surface area contributed by atoms with Gasteiger partial charge in [-0.15, -0.1) is 0 Å². The number of rotatable bonds is 9. The molecule has 1 rings (SSSR count). The SMILES string of the molecule is CCC(O)COCCCNCc1ccccc1. The van der Waals surface area contributed by atoms with Crippen molar-refractivity contribution >= 4 is 0 Å². The van der Waals surface area contributed by atoms with Crippen LogP contribution < -0.4 is 5.32 Å². The van der Waals surface area contributed by atoms with Crippen LogP contribution in [0.4, 0.5) is 0 Å². The van der Waals surface area contributed by atoms with Crippen molar-refractivity contribution in [3.63, 3.8) is 0 Å². The number of ether oxygens (including phenoxy) is 1. The highest BCUT2D eigenvalue weighted by Crippen LogP contribution is 1.97. The van der Waals surface area contributed by atoms with Gasteiger partial charge in [-0.05, 0) is 24.9 Å². The first-order chi connectivity index (χ1) is 8.33. The average Bonchev–Trinajstić information content (AvgIpc) is 2.38. The van der Waals surface area contributed by atoms with Crippen LogP contribution in [0.1, 0.15) is 25.3 Å². The predicted octanol–water partition coefficient (Wildman–Crippen LogP) is 1.95. The maximum atomic E-state index is 9.27. The Morgan fingerprint density at radius 3 is 2.76 bits per heavy atom. The second kappa shape index (κ2) is 9.16. The maximum absolute atomic E-state index is 9.27. The van der Waals surface area contributed by atoms with Gasteiger partial charge in [0.2, 0.25) is 0 Å². The zero-order valence-electron chi connectivity index (χ0n) is 10.6. The molecule has 1 atom stereocenters. The van der Waals surface area contributed by atoms with E-state index in [-0.39, 0.29) is 6.10 Å². The zero-order chi connectivity index (χ0) is 12.3. The van der Waals surface area contributed by atoms with Crippen molar-refractivity contribution in [3.05, 3.63) is 35.9 Å². The van der Waals surface area contributed by atoms with Crippen LogP contribution >= 0.6 is 0 Å². The van der Waals surface area contributed by atoms with Crippen LogP contribution in [0.15, 0.2) is 30.3 Å². The summed E-state index contributed by atoms with van der Waals surface area (Å²) in [7, 11) is 0. The Hall–Kier alpha value is -0.900. The molecule has 0 heterocycles. The van der Waals surface area contributed by atoms with Gasteiger partial charge in [-0.2, -0.15) is 0 Å². The van der Waals surface area contributed by atoms with Crippen molar-refractivity contribution in [2.45, 2.75) is 32.4 Å². The van der Waals surface area contributed by atoms with Gasteiger partial charge in [0.05, 0.1) is 12.7 Å². The predicted molar refractivity (Wildman–Crippen MR) is 69.9 cm³/mol. The van der Waals surface area contributed by atoms with Crippen LogP contribution in [0.5, 0.6) is 0 Å². The summed E-state index contributed by atoms with van der Waals surface area (Å²) in [5, 5.41) is 12.6. The van der Waals surface area contributed by atoms with Crippen molar-refractivity contribution in [2.75, 3.05) is 19.8 Å². The van der Waals surface area contributed by atoms with Crippen LogP contribution in [0, 0.1) is 0 Å². The first kappa shape index (κ1) is 14.2. The number of aliphatic hydroxyl groups is 1. The smallest absolute Gasteiger partial charge is 0.0771 e. The molecule has 0 aromatic heterocycles. The minimum Gasteiger partial charge on any atom is -0.391 e. The Kier molecular flexibility index (Phi) is 7.63. The molecule has 1 aromatic carbocycles. The third-order valence-corrected chi connectivity index (χ3v) is 2.60. The van der Waals surface area contributed by atoms with E-state index in [0.29, 0.717) is 13.2 Å². The molecule has 0 saturated carbocycles. The molecule has 0 bridgehead atoms. The average molecular weight is 237 g/mol. The van der Waals surface area contributed by atoms with E-state index in [4.69, 9.17) is 4.74 Å². The monoisotopic (exact) mass is 237 g/mol. The Balaban J connectivity index is 1.91. The number of hydrogen-bond acceptors (Lipinski definition) is 3. The summed E-state index contributed by atoms with van der Waals surface area (Å²) in [5.41, 5.74) is 1.30. The highest BCUT2D eigenvalue weighted by atomic mass is 16.5. The molecule has 96 valence electrons. The quantitative estimate of drug-likeness (QED) is 0.645. The minimum atomic E-state index is -0.313. The molecule has 0 aliphatic carbocycles. The summed E-state index contributed by atoms with van der Waals surface area (Å²) in [5.74, 6) is 0. The summed E-state index contributed by atoms with van der Waals surface area (Å²) >= 11 is 0. The third kappa shape index (κ3) is 7.10. The van der Waals surface area contributed by atoms with E-state index in [1.54, 1.807) is 0 Å². The van der Waals surface area contributed by atoms with Gasteiger partial charge in [0.15, 0.2) is 0 Å². The van der Waals surface area contributed by atoms with Gasteiger partial charge >= 0.3 is 0 Å². The summed E-state index contributed by atoms with van der Waals surface area (Å²) in [6, 6.07) is 10.3. The van der Waals surface area contributed by atoms with Crippen LogP contribution in [0.3, 0.4) is 0 Å². The van der Waals surface area contributed by atoms with Crippen molar-refractivity contribution < 1.29 is 9.84 Å². The van der Waals surface area contributed by atoms with E-state index in [1.165, 1.54) is 5.56 Å². The summed E-state index contributed by atoms with van der Waals surface area (Å²) < 4.78 is 5.35. The molecule has 1 unspecified atom stereocenters. The van der Waals surface area contributed by atoms with E-state index in [2.05, 4.69) is 17.4 Å². The fraction of sp³-hybridized carbons (Fsp3) is 0.571. The lowest BCUT2D eigenvalue weighted by Gasteiger charge is -2.09. The summed E-state index contributed by atoms with van der Waals surface area (Å²) in [4.78, 5) is 0. The number of aliphatic hydroxyl groups excluding tert-OH is 1. The van der Waals surface area contributed by atoms with Crippen LogP contribution in [-0.2, 0) is 11.3 Å². The standard InChI is InChI=1S/C14H23NO2/c1-2-14(16)12-17-10-6-9-15-11-13-7-4-3-5-8-13/h3-5,7-8,14-16H,2,6,9-12H2,1H3. The number of benzene rings is 1. The van der Waals surface area contributed by atoms with Crippen molar-refractivity contribution in [2.24, 2.45) is 0 Å². The van der Waals surface area contributed by atoms with Crippen molar-refractivity contribution in [1.82, 2.24) is 5.32 Å². The molecule has 3 nitrogen and oxygen atoms in total. The van der Waals surface area contributed by atoms with Crippen LogP contribution in [-0.4, -0.2) is 31.0 Å². The summed E-state index contributed by atoms with van der Waals surface area (Å²) in [6.45, 7) is 4.96. The van der Waals surface area contributed by atoms with E-state index in [9.17, 15) is 5.11 Å². The highest BCUT2D eigenvalue weighted by Gasteiger charge is 1.99. The lowest BCUT2D eigenvalue weighted by Crippen LogP contribution is -2.18. The highest BCUT2D eigenvalue weighted by molar-refractivity contribution is 5.14. The third-order valence-electron chi connectivity index (χ3n) is 2.60. The molecular weight excluding hydrogens is 214 g/mol. The zero-order valence-corrected chi connectivity index (χ0v) is 10.6. The van der Waals surface area contributed by atoms with Crippen molar-refractivity contribution in [3.8, 4) is 0 Å². The molecule has 0 aliphatic rings. The molecule has 1 aromatic rings. The number of nitrogens with one attached hydrogen (secondary N) is 1. The first-order valence-corrected chi connectivity index (χ1v) is 6.33. The van der Waals surface area contributed by atoms with Crippen LogP contribution in [0.2, 0.25) is 0 Å². The molecule has 0 saturated heterocycles. The molecular formula is C14H23NO2. The Morgan fingerprint density at radius 2 is 2.06 bits per heavy atom. The topological polar surface area (TPSA) is 41.5 Å².